The lowest BCUT2D eigenvalue weighted by molar-refractivity contribution is -0.140. The molecular weight excluding hydrogens is 256 g/mol. The van der Waals surface area contributed by atoms with Crippen molar-refractivity contribution in [3.05, 3.63) is 33.6 Å². The van der Waals surface area contributed by atoms with E-state index in [1.807, 2.05) is 0 Å². The van der Waals surface area contributed by atoms with Gasteiger partial charge in [-0.05, 0) is 29.5 Å². The van der Waals surface area contributed by atoms with Crippen LogP contribution in [0, 0.1) is 5.82 Å². The van der Waals surface area contributed by atoms with E-state index in [0.717, 1.165) is 0 Å². The molecule has 0 nitrogen and oxygen atoms in total. The van der Waals surface area contributed by atoms with E-state index < -0.39 is 17.6 Å². The monoisotopic (exact) mass is 268 g/mol. The molecule has 0 saturated heterocycles. The van der Waals surface area contributed by atoms with Gasteiger partial charge in [0.05, 0.1) is 5.56 Å². The summed E-state index contributed by atoms with van der Waals surface area (Å²) < 4.78 is 51.7. The van der Waals surface area contributed by atoms with E-state index in [9.17, 15) is 17.6 Å². The van der Waals surface area contributed by atoms with E-state index in [0.29, 0.717) is 18.1 Å². The van der Waals surface area contributed by atoms with E-state index in [2.05, 4.69) is 0 Å². The van der Waals surface area contributed by atoms with Crippen LogP contribution in [0.15, 0.2) is 6.07 Å². The number of halogens is 5. The van der Waals surface area contributed by atoms with Gasteiger partial charge in [-0.1, -0.05) is 32.4 Å². The summed E-state index contributed by atoms with van der Waals surface area (Å²) in [6, 6.07) is 0.668. The summed E-state index contributed by atoms with van der Waals surface area (Å²) in [4.78, 5) is 0. The zero-order chi connectivity index (χ0) is 13.4. The molecule has 1 aromatic carbocycles. The van der Waals surface area contributed by atoms with Gasteiger partial charge in [0.25, 0.3) is 0 Å². The summed E-state index contributed by atoms with van der Waals surface area (Å²) in [6.45, 7) is 5.03. The lowest BCUT2D eigenvalue weighted by Gasteiger charge is -2.18. The molecule has 17 heavy (non-hydrogen) atoms. The van der Waals surface area contributed by atoms with Crippen molar-refractivity contribution >= 4 is 11.6 Å². The second-order valence-electron chi connectivity index (χ2n) is 4.12. The summed E-state index contributed by atoms with van der Waals surface area (Å²) in [6.07, 6.45) is -4.31. The Balaban J connectivity index is 3.61. The minimum atomic E-state index is -4.72. The molecule has 5 heteroatoms. The van der Waals surface area contributed by atoms with Crippen LogP contribution >= 0.6 is 11.6 Å². The Labute approximate surface area is 103 Å². The molecule has 0 heterocycles. The number of benzene rings is 1. The van der Waals surface area contributed by atoms with Gasteiger partial charge in [-0.15, -0.1) is 0 Å². The fourth-order valence-corrected chi connectivity index (χ4v) is 2.20. The SMILES string of the molecule is CCc1c(Cl)cc(C(F)(F)F)c(F)c1C(C)C. The minimum Gasteiger partial charge on any atom is -0.206 e. The average Bonchev–Trinajstić information content (AvgIpc) is 2.17. The highest BCUT2D eigenvalue weighted by molar-refractivity contribution is 6.31. The van der Waals surface area contributed by atoms with Gasteiger partial charge in [-0.25, -0.2) is 4.39 Å². The van der Waals surface area contributed by atoms with Gasteiger partial charge in [0.15, 0.2) is 0 Å². The highest BCUT2D eigenvalue weighted by atomic mass is 35.5. The van der Waals surface area contributed by atoms with Crippen molar-refractivity contribution in [1.82, 2.24) is 0 Å². The first-order chi connectivity index (χ1) is 7.70. The molecule has 1 rings (SSSR count). The second-order valence-corrected chi connectivity index (χ2v) is 4.53. The zero-order valence-electron chi connectivity index (χ0n) is 9.75. The van der Waals surface area contributed by atoms with Crippen LogP contribution in [0.3, 0.4) is 0 Å². The molecule has 0 saturated carbocycles. The van der Waals surface area contributed by atoms with Crippen molar-refractivity contribution in [3.63, 3.8) is 0 Å². The molecule has 0 unspecified atom stereocenters. The molecule has 0 spiro atoms. The van der Waals surface area contributed by atoms with E-state index in [1.165, 1.54) is 0 Å². The maximum atomic E-state index is 13.9. The summed E-state index contributed by atoms with van der Waals surface area (Å²) in [7, 11) is 0. The van der Waals surface area contributed by atoms with Crippen molar-refractivity contribution in [2.24, 2.45) is 0 Å². The maximum Gasteiger partial charge on any atom is 0.419 e. The summed E-state index contributed by atoms with van der Waals surface area (Å²) in [5.74, 6) is -1.54. The number of rotatable bonds is 2. The first kappa shape index (κ1) is 14.3. The Kier molecular flexibility index (Phi) is 4.07. The Morgan fingerprint density at radius 2 is 1.82 bits per heavy atom. The fraction of sp³-hybridized carbons (Fsp3) is 0.500. The molecule has 0 radical (unpaired) electrons. The zero-order valence-corrected chi connectivity index (χ0v) is 10.5. The van der Waals surface area contributed by atoms with Gasteiger partial charge in [-0.3, -0.25) is 0 Å². The normalized spacial score (nSPS) is 12.3. The first-order valence-electron chi connectivity index (χ1n) is 5.28. The van der Waals surface area contributed by atoms with Crippen molar-refractivity contribution < 1.29 is 17.6 Å². The Morgan fingerprint density at radius 1 is 1.29 bits per heavy atom. The molecule has 0 bridgehead atoms. The third-order valence-corrected chi connectivity index (χ3v) is 2.93. The summed E-state index contributed by atoms with van der Waals surface area (Å²) >= 11 is 5.79. The maximum absolute atomic E-state index is 13.9. The van der Waals surface area contributed by atoms with Crippen molar-refractivity contribution in [2.75, 3.05) is 0 Å². The van der Waals surface area contributed by atoms with Crippen LogP contribution in [-0.4, -0.2) is 0 Å². The van der Waals surface area contributed by atoms with Crippen LogP contribution in [0.4, 0.5) is 17.6 Å². The molecule has 0 amide bonds. The molecule has 0 aromatic heterocycles. The first-order valence-corrected chi connectivity index (χ1v) is 5.65. The summed E-state index contributed by atoms with van der Waals surface area (Å²) in [5, 5.41) is -0.0232. The molecule has 0 atom stereocenters. The van der Waals surface area contributed by atoms with Crippen LogP contribution in [0.2, 0.25) is 5.02 Å². The average molecular weight is 269 g/mol. The smallest absolute Gasteiger partial charge is 0.206 e. The molecule has 0 aliphatic heterocycles. The van der Waals surface area contributed by atoms with Crippen molar-refractivity contribution in [3.8, 4) is 0 Å². The second kappa shape index (κ2) is 4.84. The van der Waals surface area contributed by atoms with Gasteiger partial charge in [0, 0.05) is 5.02 Å². The van der Waals surface area contributed by atoms with Crippen LogP contribution in [0.1, 0.15) is 43.4 Å². The third kappa shape index (κ3) is 2.73. The third-order valence-electron chi connectivity index (χ3n) is 2.59. The predicted octanol–water partition coefficient (Wildman–Crippen LogP) is 5.18. The topological polar surface area (TPSA) is 0 Å². The lowest BCUT2D eigenvalue weighted by atomic mass is 9.92. The molecule has 0 N–H and O–H groups in total. The molecule has 0 aliphatic rings. The molecule has 1 aromatic rings. The fourth-order valence-electron chi connectivity index (χ4n) is 1.85. The number of hydrogen-bond donors (Lipinski definition) is 0. The lowest BCUT2D eigenvalue weighted by Crippen LogP contribution is -2.13. The molecule has 96 valence electrons. The van der Waals surface area contributed by atoms with E-state index in [1.54, 1.807) is 20.8 Å². The van der Waals surface area contributed by atoms with Gasteiger partial charge in [0.1, 0.15) is 5.82 Å². The van der Waals surface area contributed by atoms with Gasteiger partial charge < -0.3 is 0 Å². The van der Waals surface area contributed by atoms with E-state index >= 15 is 0 Å². The standard InChI is InChI=1S/C12H13ClF4/c1-4-7-9(13)5-8(12(15,16)17)11(14)10(7)6(2)3/h5-6H,4H2,1-3H3. The summed E-state index contributed by atoms with van der Waals surface area (Å²) in [5.41, 5.74) is -0.775. The van der Waals surface area contributed by atoms with Crippen LogP contribution < -0.4 is 0 Å². The Bertz CT molecular complexity index is 421. The quantitative estimate of drug-likeness (QED) is 0.648. The van der Waals surface area contributed by atoms with Crippen molar-refractivity contribution in [2.45, 2.75) is 39.3 Å². The minimum absolute atomic E-state index is 0.0232. The van der Waals surface area contributed by atoms with E-state index in [4.69, 9.17) is 11.6 Å². The molecular formula is C12H13ClF4. The Morgan fingerprint density at radius 3 is 2.18 bits per heavy atom. The van der Waals surface area contributed by atoms with Crippen molar-refractivity contribution in [1.29, 1.82) is 0 Å². The molecule has 0 fully saturated rings. The highest BCUT2D eigenvalue weighted by Crippen LogP contribution is 2.39. The van der Waals surface area contributed by atoms with Crippen LogP contribution in [0.25, 0.3) is 0 Å². The van der Waals surface area contributed by atoms with Gasteiger partial charge in [0.2, 0.25) is 0 Å². The number of alkyl halides is 3. The van der Waals surface area contributed by atoms with Gasteiger partial charge >= 0.3 is 6.18 Å². The number of hydrogen-bond acceptors (Lipinski definition) is 0. The highest BCUT2D eigenvalue weighted by Gasteiger charge is 2.36. The largest absolute Gasteiger partial charge is 0.419 e. The Hall–Kier alpha value is -0.770. The predicted molar refractivity (Wildman–Crippen MR) is 59.9 cm³/mol. The molecule has 0 aliphatic carbocycles. The van der Waals surface area contributed by atoms with Gasteiger partial charge in [-0.2, -0.15) is 13.2 Å². The van der Waals surface area contributed by atoms with Crippen LogP contribution in [-0.2, 0) is 12.6 Å². The van der Waals surface area contributed by atoms with Crippen LogP contribution in [0.5, 0.6) is 0 Å². The van der Waals surface area contributed by atoms with E-state index in [-0.39, 0.29) is 16.5 Å².